The van der Waals surface area contributed by atoms with Crippen LogP contribution >= 0.6 is 0 Å². The number of hydrogen-bond acceptors (Lipinski definition) is 1. The quantitative estimate of drug-likeness (QED) is 0.737. The van der Waals surface area contributed by atoms with Crippen LogP contribution in [0.15, 0.2) is 54.6 Å². The predicted octanol–water partition coefficient (Wildman–Crippen LogP) is 2.87. The van der Waals surface area contributed by atoms with Gasteiger partial charge in [0.2, 0.25) is 0 Å². The summed E-state index contributed by atoms with van der Waals surface area (Å²) in [5.74, 6) is 0.358. The van der Waals surface area contributed by atoms with Gasteiger partial charge in [0.05, 0.1) is 0 Å². The first-order valence-electron chi connectivity index (χ1n) is 6.66. The zero-order chi connectivity index (χ0) is 14.1. The van der Waals surface area contributed by atoms with E-state index in [1.807, 2.05) is 24.3 Å². The monoisotopic (exact) mass is 329 g/mol. The molecule has 0 saturated heterocycles. The summed E-state index contributed by atoms with van der Waals surface area (Å²) in [6.45, 7) is 1.61. The molecule has 1 aliphatic rings. The second kappa shape index (κ2) is 5.35. The van der Waals surface area contributed by atoms with Crippen molar-refractivity contribution in [2.24, 2.45) is 0 Å². The molecule has 1 atom stereocenters. The Balaban J connectivity index is 2.14. The Morgan fingerprint density at radius 2 is 1.75 bits per heavy atom. The van der Waals surface area contributed by atoms with Crippen LogP contribution in [0.3, 0.4) is 0 Å². The Labute approximate surface area is 126 Å². The SMILES string of the molecule is CC(=O)N1C(=[Se])CC(c2ccccc2)c2ccccc21. The van der Waals surface area contributed by atoms with Gasteiger partial charge in [-0.05, 0) is 0 Å². The molecule has 3 heteroatoms. The Hall–Kier alpha value is -1.70. The average molecular weight is 328 g/mol. The van der Waals surface area contributed by atoms with Crippen molar-refractivity contribution >= 4 is 31.7 Å². The number of nitrogens with zero attached hydrogens (tertiary/aromatic N) is 1. The van der Waals surface area contributed by atoms with Gasteiger partial charge in [-0.3, -0.25) is 0 Å². The number of anilines is 1. The first-order chi connectivity index (χ1) is 9.68. The number of amides is 1. The third kappa shape index (κ3) is 2.24. The van der Waals surface area contributed by atoms with Crippen molar-refractivity contribution in [2.75, 3.05) is 4.90 Å². The minimum absolute atomic E-state index is 0.0534. The normalized spacial score (nSPS) is 17.8. The third-order valence-electron chi connectivity index (χ3n) is 3.70. The molecular weight excluding hydrogens is 313 g/mol. The molecule has 2 aromatic rings. The molecule has 1 unspecified atom stereocenters. The Kier molecular flexibility index (Phi) is 3.56. The summed E-state index contributed by atoms with van der Waals surface area (Å²) < 4.78 is 0.991. The molecule has 0 radical (unpaired) electrons. The van der Waals surface area contributed by atoms with Crippen molar-refractivity contribution in [3.05, 3.63) is 65.7 Å². The standard InChI is InChI=1S/C17H15NOSe/c1-12(19)18-16-10-6-5-9-14(16)15(11-17(18)20)13-7-3-2-4-8-13/h2-10,15H,11H2,1H3. The molecule has 0 bridgehead atoms. The van der Waals surface area contributed by atoms with Crippen LogP contribution in [0.5, 0.6) is 0 Å². The molecule has 0 fully saturated rings. The van der Waals surface area contributed by atoms with Gasteiger partial charge in [-0.15, -0.1) is 0 Å². The Morgan fingerprint density at radius 1 is 1.10 bits per heavy atom. The van der Waals surface area contributed by atoms with Crippen LogP contribution in [0.25, 0.3) is 0 Å². The maximum atomic E-state index is 11.9. The van der Waals surface area contributed by atoms with Crippen LogP contribution in [0.2, 0.25) is 0 Å². The van der Waals surface area contributed by atoms with E-state index in [0.717, 1.165) is 16.6 Å². The fraction of sp³-hybridized carbons (Fsp3) is 0.176. The van der Waals surface area contributed by atoms with E-state index in [1.165, 1.54) is 11.1 Å². The molecular formula is C17H15NOSe. The van der Waals surface area contributed by atoms with Crippen molar-refractivity contribution in [1.29, 1.82) is 0 Å². The van der Waals surface area contributed by atoms with Crippen molar-refractivity contribution in [1.82, 2.24) is 0 Å². The zero-order valence-corrected chi connectivity index (χ0v) is 13.0. The maximum absolute atomic E-state index is 11.9. The summed E-state index contributed by atoms with van der Waals surface area (Å²) in [5.41, 5.74) is 3.50. The number of hydrogen-bond donors (Lipinski definition) is 0. The van der Waals surface area contributed by atoms with Crippen molar-refractivity contribution in [3.8, 4) is 0 Å². The van der Waals surface area contributed by atoms with Crippen molar-refractivity contribution in [3.63, 3.8) is 0 Å². The number of fused-ring (bicyclic) bond motifs is 1. The van der Waals surface area contributed by atoms with E-state index in [-0.39, 0.29) is 5.91 Å². The molecule has 1 heterocycles. The molecule has 0 aromatic heterocycles. The van der Waals surface area contributed by atoms with Gasteiger partial charge in [0.15, 0.2) is 0 Å². The average Bonchev–Trinajstić information content (AvgIpc) is 2.47. The van der Waals surface area contributed by atoms with Gasteiger partial charge in [0, 0.05) is 0 Å². The van der Waals surface area contributed by atoms with Gasteiger partial charge in [0.25, 0.3) is 0 Å². The second-order valence-corrected chi connectivity index (χ2v) is 5.96. The van der Waals surface area contributed by atoms with E-state index in [2.05, 4.69) is 45.9 Å². The van der Waals surface area contributed by atoms with Gasteiger partial charge in [0.1, 0.15) is 0 Å². The van der Waals surface area contributed by atoms with Crippen LogP contribution < -0.4 is 4.90 Å². The van der Waals surface area contributed by atoms with E-state index < -0.39 is 0 Å². The fourth-order valence-corrected chi connectivity index (χ4v) is 3.65. The molecule has 2 aromatic carbocycles. The zero-order valence-electron chi connectivity index (χ0n) is 11.2. The third-order valence-corrected chi connectivity index (χ3v) is 4.43. The summed E-state index contributed by atoms with van der Waals surface area (Å²) in [6, 6.07) is 18.6. The molecule has 0 aliphatic carbocycles. The van der Waals surface area contributed by atoms with Crippen LogP contribution in [0.4, 0.5) is 5.69 Å². The number of para-hydroxylation sites is 1. The summed E-state index contributed by atoms with van der Waals surface area (Å²) >= 11 is 3.07. The number of benzene rings is 2. The summed E-state index contributed by atoms with van der Waals surface area (Å²) in [4.78, 5) is 13.7. The Bertz CT molecular complexity index is 666. The molecule has 2 nitrogen and oxygen atoms in total. The summed E-state index contributed by atoms with van der Waals surface area (Å²) in [5, 5.41) is 0. The van der Waals surface area contributed by atoms with Gasteiger partial charge >= 0.3 is 126 Å². The summed E-state index contributed by atoms with van der Waals surface area (Å²) in [7, 11) is 0. The van der Waals surface area contributed by atoms with Crippen molar-refractivity contribution < 1.29 is 4.79 Å². The van der Waals surface area contributed by atoms with Crippen LogP contribution in [0, 0.1) is 0 Å². The van der Waals surface area contributed by atoms with Crippen LogP contribution in [-0.2, 0) is 4.79 Å². The molecule has 0 spiro atoms. The molecule has 3 rings (SSSR count). The van der Waals surface area contributed by atoms with Gasteiger partial charge in [-0.25, -0.2) is 0 Å². The second-order valence-electron chi connectivity index (χ2n) is 4.97. The number of carbonyl (C=O) groups is 1. The molecule has 20 heavy (non-hydrogen) atoms. The van der Waals surface area contributed by atoms with E-state index in [9.17, 15) is 4.79 Å². The molecule has 1 amide bonds. The fourth-order valence-electron chi connectivity index (χ4n) is 2.82. The van der Waals surface area contributed by atoms with Crippen molar-refractivity contribution in [2.45, 2.75) is 19.3 Å². The van der Waals surface area contributed by atoms with E-state index in [0.29, 0.717) is 5.92 Å². The predicted molar refractivity (Wildman–Crippen MR) is 83.3 cm³/mol. The number of carbonyl (C=O) groups excluding carboxylic acids is 1. The van der Waals surface area contributed by atoms with Gasteiger partial charge in [-0.1, -0.05) is 0 Å². The van der Waals surface area contributed by atoms with E-state index >= 15 is 0 Å². The van der Waals surface area contributed by atoms with Crippen LogP contribution in [-0.4, -0.2) is 26.0 Å². The molecule has 0 N–H and O–H groups in total. The minimum atomic E-state index is 0.0534. The molecule has 100 valence electrons. The first kappa shape index (κ1) is 13.3. The summed E-state index contributed by atoms with van der Waals surface area (Å²) in [6.07, 6.45) is 0.834. The molecule has 1 aliphatic heterocycles. The topological polar surface area (TPSA) is 20.3 Å². The Morgan fingerprint density at radius 3 is 2.45 bits per heavy atom. The molecule has 0 saturated carbocycles. The van der Waals surface area contributed by atoms with E-state index in [4.69, 9.17) is 0 Å². The van der Waals surface area contributed by atoms with E-state index in [1.54, 1.807) is 11.8 Å². The first-order valence-corrected chi connectivity index (χ1v) is 7.51. The van der Waals surface area contributed by atoms with Gasteiger partial charge in [-0.2, -0.15) is 0 Å². The van der Waals surface area contributed by atoms with Gasteiger partial charge < -0.3 is 0 Å². The van der Waals surface area contributed by atoms with Crippen LogP contribution in [0.1, 0.15) is 30.4 Å². The number of rotatable bonds is 1.